The lowest BCUT2D eigenvalue weighted by Crippen LogP contribution is -2.33. The fourth-order valence-corrected chi connectivity index (χ4v) is 2.88. The summed E-state index contributed by atoms with van der Waals surface area (Å²) in [6, 6.07) is 7.35. The van der Waals surface area contributed by atoms with Crippen LogP contribution in [0.1, 0.15) is 23.2 Å². The van der Waals surface area contributed by atoms with Gasteiger partial charge >= 0.3 is 0 Å². The third kappa shape index (κ3) is 2.42. The summed E-state index contributed by atoms with van der Waals surface area (Å²) in [4.78, 5) is 15.3. The minimum absolute atomic E-state index is 0.0388. The average molecular weight is 274 g/mol. The Hall–Kier alpha value is -1.85. The molecule has 1 saturated carbocycles. The lowest BCUT2D eigenvalue weighted by Gasteiger charge is -2.12. The summed E-state index contributed by atoms with van der Waals surface area (Å²) in [6.07, 6.45) is 2.43. The van der Waals surface area contributed by atoms with E-state index in [0.717, 1.165) is 10.9 Å². The van der Waals surface area contributed by atoms with Crippen LogP contribution in [0.25, 0.3) is 10.9 Å². The van der Waals surface area contributed by atoms with Gasteiger partial charge in [0.15, 0.2) is 0 Å². The molecule has 20 heavy (non-hydrogen) atoms. The van der Waals surface area contributed by atoms with Crippen LogP contribution in [0.3, 0.4) is 0 Å². The number of carbonyl (C=O) groups is 1. The summed E-state index contributed by atoms with van der Waals surface area (Å²) in [7, 11) is 0. The third-order valence-corrected chi connectivity index (χ3v) is 4.04. The molecule has 1 aliphatic rings. The van der Waals surface area contributed by atoms with Gasteiger partial charge in [-0.1, -0.05) is 0 Å². The number of H-pyrrole nitrogens is 1. The normalized spacial score (nSPS) is 26.0. The van der Waals surface area contributed by atoms with E-state index in [4.69, 9.17) is 5.11 Å². The van der Waals surface area contributed by atoms with Crippen molar-refractivity contribution < 1.29 is 15.0 Å². The summed E-state index contributed by atoms with van der Waals surface area (Å²) in [5.74, 6) is -0.267. The van der Waals surface area contributed by atoms with Crippen LogP contribution in [0.5, 0.6) is 0 Å². The molecule has 0 saturated heterocycles. The molecule has 3 rings (SSSR count). The maximum atomic E-state index is 12.2. The zero-order valence-electron chi connectivity index (χ0n) is 11.0. The fourth-order valence-electron chi connectivity index (χ4n) is 2.88. The van der Waals surface area contributed by atoms with Crippen LogP contribution in [-0.2, 0) is 0 Å². The summed E-state index contributed by atoms with van der Waals surface area (Å²) >= 11 is 0. The van der Waals surface area contributed by atoms with E-state index in [0.29, 0.717) is 18.4 Å². The molecule has 5 nitrogen and oxygen atoms in total. The molecule has 0 bridgehead atoms. The molecule has 3 atom stereocenters. The van der Waals surface area contributed by atoms with Crippen molar-refractivity contribution >= 4 is 16.8 Å². The number of amides is 1. The molecule has 0 unspecified atom stereocenters. The number of benzene rings is 1. The van der Waals surface area contributed by atoms with Gasteiger partial charge in [0.2, 0.25) is 0 Å². The van der Waals surface area contributed by atoms with Gasteiger partial charge < -0.3 is 20.5 Å². The molecule has 5 heteroatoms. The Bertz CT molecular complexity index is 622. The first-order valence-electron chi connectivity index (χ1n) is 6.84. The molecule has 1 aliphatic carbocycles. The van der Waals surface area contributed by atoms with Crippen LogP contribution < -0.4 is 5.32 Å². The van der Waals surface area contributed by atoms with Crippen molar-refractivity contribution in [3.05, 3.63) is 36.0 Å². The first kappa shape index (κ1) is 13.1. The topological polar surface area (TPSA) is 85.3 Å². The Morgan fingerprint density at radius 2 is 2.20 bits per heavy atom. The SMILES string of the molecule is O=C(N[C@@H]1C[C@@H](CO)[C@H](O)C1)c1ccc2[nH]ccc2c1. The zero-order chi connectivity index (χ0) is 14.1. The lowest BCUT2D eigenvalue weighted by molar-refractivity contribution is 0.0903. The minimum atomic E-state index is -0.530. The first-order chi connectivity index (χ1) is 9.67. The molecule has 0 aliphatic heterocycles. The highest BCUT2D eigenvalue weighted by Gasteiger charge is 2.33. The molecule has 0 spiro atoms. The van der Waals surface area contributed by atoms with Gasteiger partial charge in [-0.05, 0) is 37.1 Å². The molecule has 4 N–H and O–H groups in total. The summed E-state index contributed by atoms with van der Waals surface area (Å²) < 4.78 is 0. The van der Waals surface area contributed by atoms with Crippen molar-refractivity contribution in [1.29, 1.82) is 0 Å². The Kier molecular flexibility index (Phi) is 3.46. The van der Waals surface area contributed by atoms with Gasteiger partial charge in [-0.3, -0.25) is 4.79 Å². The molecule has 2 aromatic rings. The van der Waals surface area contributed by atoms with E-state index in [-0.39, 0.29) is 24.5 Å². The van der Waals surface area contributed by atoms with Crippen molar-refractivity contribution in [3.8, 4) is 0 Å². The number of rotatable bonds is 3. The number of carbonyl (C=O) groups excluding carboxylic acids is 1. The van der Waals surface area contributed by atoms with E-state index in [1.165, 1.54) is 0 Å². The third-order valence-electron chi connectivity index (χ3n) is 4.04. The molecule has 106 valence electrons. The van der Waals surface area contributed by atoms with Crippen molar-refractivity contribution in [1.82, 2.24) is 10.3 Å². The maximum Gasteiger partial charge on any atom is 0.251 e. The van der Waals surface area contributed by atoms with Crippen molar-refractivity contribution in [2.75, 3.05) is 6.61 Å². The number of nitrogens with one attached hydrogen (secondary N) is 2. The molecular formula is C15H18N2O3. The first-order valence-corrected chi connectivity index (χ1v) is 6.84. The second-order valence-corrected chi connectivity index (χ2v) is 5.43. The maximum absolute atomic E-state index is 12.2. The molecule has 1 aromatic heterocycles. The standard InChI is InChI=1S/C15H18N2O3/c18-8-11-6-12(7-14(11)19)17-15(20)10-1-2-13-9(5-10)3-4-16-13/h1-5,11-12,14,16,18-19H,6-8H2,(H,17,20)/t11-,12+,14+/m0/s1. The van der Waals surface area contributed by atoms with Gasteiger partial charge in [0.25, 0.3) is 5.91 Å². The highest BCUT2D eigenvalue weighted by molar-refractivity contribution is 5.98. The number of aliphatic hydroxyl groups is 2. The van der Waals surface area contributed by atoms with Crippen molar-refractivity contribution in [2.24, 2.45) is 5.92 Å². The number of hydrogen-bond acceptors (Lipinski definition) is 3. The van der Waals surface area contributed by atoms with Crippen LogP contribution in [0, 0.1) is 5.92 Å². The second kappa shape index (κ2) is 5.26. The van der Waals surface area contributed by atoms with Crippen LogP contribution in [0.2, 0.25) is 0 Å². The number of aromatic nitrogens is 1. The Morgan fingerprint density at radius 1 is 1.35 bits per heavy atom. The molecule has 0 radical (unpaired) electrons. The van der Waals surface area contributed by atoms with E-state index in [1.807, 2.05) is 24.4 Å². The summed E-state index contributed by atoms with van der Waals surface area (Å²) in [5, 5.41) is 22.8. The zero-order valence-corrected chi connectivity index (χ0v) is 11.0. The second-order valence-electron chi connectivity index (χ2n) is 5.43. The molecule has 1 aromatic carbocycles. The summed E-state index contributed by atoms with van der Waals surface area (Å²) in [5.41, 5.74) is 1.61. The fraction of sp³-hybridized carbons (Fsp3) is 0.400. The average Bonchev–Trinajstić information content (AvgIpc) is 3.03. The predicted molar refractivity (Wildman–Crippen MR) is 75.4 cm³/mol. The van der Waals surface area contributed by atoms with Crippen LogP contribution in [0.15, 0.2) is 30.5 Å². The van der Waals surface area contributed by atoms with Crippen LogP contribution in [0.4, 0.5) is 0 Å². The number of aromatic amines is 1. The highest BCUT2D eigenvalue weighted by Crippen LogP contribution is 2.26. The monoisotopic (exact) mass is 274 g/mol. The number of fused-ring (bicyclic) bond motifs is 1. The van der Waals surface area contributed by atoms with Crippen LogP contribution in [-0.4, -0.2) is 39.9 Å². The van der Waals surface area contributed by atoms with Crippen molar-refractivity contribution in [2.45, 2.75) is 25.0 Å². The Balaban J connectivity index is 1.70. The molecule has 1 fully saturated rings. The molecular weight excluding hydrogens is 256 g/mol. The smallest absolute Gasteiger partial charge is 0.251 e. The largest absolute Gasteiger partial charge is 0.396 e. The quantitative estimate of drug-likeness (QED) is 0.674. The van der Waals surface area contributed by atoms with E-state index in [1.54, 1.807) is 6.07 Å². The van der Waals surface area contributed by atoms with E-state index < -0.39 is 6.10 Å². The van der Waals surface area contributed by atoms with E-state index >= 15 is 0 Å². The van der Waals surface area contributed by atoms with E-state index in [2.05, 4.69) is 10.3 Å². The summed E-state index contributed by atoms with van der Waals surface area (Å²) in [6.45, 7) is -0.0388. The van der Waals surface area contributed by atoms with Gasteiger partial charge in [0, 0.05) is 41.2 Å². The molecule has 1 heterocycles. The number of hydrogen-bond donors (Lipinski definition) is 4. The predicted octanol–water partition coefficient (Wildman–Crippen LogP) is 1.03. The van der Waals surface area contributed by atoms with Gasteiger partial charge in [-0.15, -0.1) is 0 Å². The van der Waals surface area contributed by atoms with Crippen LogP contribution >= 0.6 is 0 Å². The Labute approximate surface area is 116 Å². The number of aliphatic hydroxyl groups excluding tert-OH is 2. The van der Waals surface area contributed by atoms with Gasteiger partial charge in [0.1, 0.15) is 0 Å². The van der Waals surface area contributed by atoms with Crippen molar-refractivity contribution in [3.63, 3.8) is 0 Å². The van der Waals surface area contributed by atoms with Gasteiger partial charge in [-0.25, -0.2) is 0 Å². The van der Waals surface area contributed by atoms with Gasteiger partial charge in [-0.2, -0.15) is 0 Å². The van der Waals surface area contributed by atoms with E-state index in [9.17, 15) is 9.90 Å². The minimum Gasteiger partial charge on any atom is -0.396 e. The highest BCUT2D eigenvalue weighted by atomic mass is 16.3. The molecule has 1 amide bonds. The van der Waals surface area contributed by atoms with Gasteiger partial charge in [0.05, 0.1) is 6.10 Å². The lowest BCUT2D eigenvalue weighted by atomic mass is 10.1. The Morgan fingerprint density at radius 3 is 2.95 bits per heavy atom.